The lowest BCUT2D eigenvalue weighted by molar-refractivity contribution is -0.137. The summed E-state index contributed by atoms with van der Waals surface area (Å²) in [6.45, 7) is 0. The Balaban J connectivity index is 1.82. The number of aromatic nitrogens is 1. The number of rotatable bonds is 4. The Hall–Kier alpha value is -3.06. The largest absolute Gasteiger partial charge is 0.416 e. The minimum atomic E-state index is -4.49. The second-order valence-corrected chi connectivity index (χ2v) is 6.00. The molecule has 8 heteroatoms. The Morgan fingerprint density at radius 3 is 2.41 bits per heavy atom. The summed E-state index contributed by atoms with van der Waals surface area (Å²) in [5.41, 5.74) is 0.0400. The van der Waals surface area contributed by atoms with E-state index < -0.39 is 17.6 Å². The van der Waals surface area contributed by atoms with E-state index in [0.717, 1.165) is 12.1 Å². The molecule has 27 heavy (non-hydrogen) atoms. The molecule has 1 heterocycles. The van der Waals surface area contributed by atoms with Crippen LogP contribution in [0.15, 0.2) is 66.9 Å². The molecule has 0 atom stereocenters. The zero-order chi connectivity index (χ0) is 19.4. The van der Waals surface area contributed by atoms with Gasteiger partial charge in [-0.1, -0.05) is 17.7 Å². The van der Waals surface area contributed by atoms with Gasteiger partial charge in [-0.05, 0) is 54.6 Å². The molecule has 0 saturated carbocycles. The van der Waals surface area contributed by atoms with Crippen molar-refractivity contribution in [3.8, 4) is 0 Å². The van der Waals surface area contributed by atoms with Crippen molar-refractivity contribution >= 4 is 34.7 Å². The zero-order valence-electron chi connectivity index (χ0n) is 13.7. The quantitative estimate of drug-likeness (QED) is 0.595. The molecule has 0 spiro atoms. The van der Waals surface area contributed by atoms with Crippen LogP contribution in [-0.2, 0) is 6.18 Å². The molecular weight excluding hydrogens is 379 g/mol. The van der Waals surface area contributed by atoms with Crippen LogP contribution in [0.2, 0.25) is 5.02 Å². The molecule has 0 aliphatic rings. The fraction of sp³-hybridized carbons (Fsp3) is 0.0526. The van der Waals surface area contributed by atoms with E-state index in [1.165, 1.54) is 24.4 Å². The number of amides is 1. The number of hydrogen-bond donors (Lipinski definition) is 2. The third-order valence-electron chi connectivity index (χ3n) is 3.61. The van der Waals surface area contributed by atoms with Crippen molar-refractivity contribution < 1.29 is 18.0 Å². The van der Waals surface area contributed by atoms with Crippen LogP contribution in [0, 0.1) is 0 Å². The average Bonchev–Trinajstić information content (AvgIpc) is 2.63. The van der Waals surface area contributed by atoms with Crippen LogP contribution >= 0.6 is 11.6 Å². The number of pyridine rings is 1. The summed E-state index contributed by atoms with van der Waals surface area (Å²) in [5.74, 6) is -0.316. The van der Waals surface area contributed by atoms with E-state index in [1.54, 1.807) is 30.3 Å². The maximum absolute atomic E-state index is 12.8. The third kappa shape index (κ3) is 4.77. The molecule has 0 radical (unpaired) electrons. The number of benzene rings is 2. The minimum absolute atomic E-state index is 0.0381. The summed E-state index contributed by atoms with van der Waals surface area (Å²) in [6.07, 6.45) is -2.99. The number of carbonyl (C=O) groups excluding carboxylic acids is 1. The van der Waals surface area contributed by atoms with Gasteiger partial charge in [0.2, 0.25) is 0 Å². The number of alkyl halides is 3. The van der Waals surface area contributed by atoms with Crippen LogP contribution in [0.1, 0.15) is 15.9 Å². The number of nitrogens with one attached hydrogen (secondary N) is 2. The molecule has 1 amide bonds. The Labute approximate surface area is 158 Å². The maximum atomic E-state index is 12.8. The molecule has 0 fully saturated rings. The smallest absolute Gasteiger partial charge is 0.340 e. The van der Waals surface area contributed by atoms with Crippen LogP contribution in [0.5, 0.6) is 0 Å². The van der Waals surface area contributed by atoms with Gasteiger partial charge < -0.3 is 10.6 Å². The summed E-state index contributed by atoms with van der Waals surface area (Å²) in [6, 6.07) is 14.3. The lowest BCUT2D eigenvalue weighted by Gasteiger charge is -2.12. The Bertz CT molecular complexity index is 959. The van der Waals surface area contributed by atoms with Gasteiger partial charge in [0.25, 0.3) is 5.91 Å². The highest BCUT2D eigenvalue weighted by Gasteiger charge is 2.30. The van der Waals surface area contributed by atoms with Crippen molar-refractivity contribution in [2.45, 2.75) is 6.18 Å². The average molecular weight is 392 g/mol. The summed E-state index contributed by atoms with van der Waals surface area (Å²) < 4.78 is 38.5. The number of halogens is 4. The lowest BCUT2D eigenvalue weighted by Crippen LogP contribution is -2.15. The van der Waals surface area contributed by atoms with Crippen LogP contribution in [0.3, 0.4) is 0 Å². The van der Waals surface area contributed by atoms with E-state index in [4.69, 9.17) is 11.6 Å². The molecule has 3 rings (SSSR count). The molecule has 0 bridgehead atoms. The Kier molecular flexibility index (Phi) is 5.32. The predicted molar refractivity (Wildman–Crippen MR) is 98.4 cm³/mol. The number of carbonyl (C=O) groups is 1. The van der Waals surface area contributed by atoms with Crippen molar-refractivity contribution in [2.75, 3.05) is 10.6 Å². The van der Waals surface area contributed by atoms with Gasteiger partial charge in [-0.25, -0.2) is 4.98 Å². The molecule has 1 aromatic heterocycles. The molecule has 138 valence electrons. The minimum Gasteiger partial charge on any atom is -0.340 e. The van der Waals surface area contributed by atoms with Gasteiger partial charge in [0.05, 0.1) is 11.1 Å². The van der Waals surface area contributed by atoms with E-state index in [-0.39, 0.29) is 17.1 Å². The zero-order valence-corrected chi connectivity index (χ0v) is 14.5. The Morgan fingerprint density at radius 1 is 0.963 bits per heavy atom. The van der Waals surface area contributed by atoms with E-state index in [1.807, 2.05) is 0 Å². The van der Waals surface area contributed by atoms with Gasteiger partial charge >= 0.3 is 6.18 Å². The molecular formula is C19H13ClF3N3O. The van der Waals surface area contributed by atoms with Gasteiger partial charge in [0.1, 0.15) is 5.82 Å². The van der Waals surface area contributed by atoms with Crippen molar-refractivity contribution in [3.63, 3.8) is 0 Å². The van der Waals surface area contributed by atoms with Crippen molar-refractivity contribution in [1.82, 2.24) is 4.98 Å². The van der Waals surface area contributed by atoms with Crippen LogP contribution in [0.25, 0.3) is 0 Å². The van der Waals surface area contributed by atoms with Gasteiger partial charge in [0, 0.05) is 22.6 Å². The van der Waals surface area contributed by atoms with E-state index in [2.05, 4.69) is 15.6 Å². The first-order valence-corrected chi connectivity index (χ1v) is 8.17. The van der Waals surface area contributed by atoms with Crippen LogP contribution in [0.4, 0.5) is 30.4 Å². The molecule has 0 saturated heterocycles. The molecule has 2 N–H and O–H groups in total. The highest BCUT2D eigenvalue weighted by molar-refractivity contribution is 6.30. The third-order valence-corrected chi connectivity index (χ3v) is 3.86. The first kappa shape index (κ1) is 18.7. The molecule has 0 aliphatic carbocycles. The molecule has 2 aromatic carbocycles. The summed E-state index contributed by atoms with van der Waals surface area (Å²) in [4.78, 5) is 16.7. The second-order valence-electron chi connectivity index (χ2n) is 5.56. The van der Waals surface area contributed by atoms with Gasteiger partial charge in [-0.2, -0.15) is 13.2 Å². The van der Waals surface area contributed by atoms with Crippen molar-refractivity contribution in [2.24, 2.45) is 0 Å². The van der Waals surface area contributed by atoms with Crippen molar-refractivity contribution in [1.29, 1.82) is 0 Å². The van der Waals surface area contributed by atoms with Crippen molar-refractivity contribution in [3.05, 3.63) is 83.0 Å². The number of anilines is 3. The van der Waals surface area contributed by atoms with E-state index >= 15 is 0 Å². The van der Waals surface area contributed by atoms with Gasteiger partial charge in [-0.15, -0.1) is 0 Å². The van der Waals surface area contributed by atoms with Crippen LogP contribution in [-0.4, -0.2) is 10.9 Å². The molecule has 0 aliphatic heterocycles. The van der Waals surface area contributed by atoms with Crippen LogP contribution < -0.4 is 10.6 Å². The fourth-order valence-electron chi connectivity index (χ4n) is 2.33. The maximum Gasteiger partial charge on any atom is 0.416 e. The fourth-order valence-corrected chi connectivity index (χ4v) is 2.46. The highest BCUT2D eigenvalue weighted by atomic mass is 35.5. The van der Waals surface area contributed by atoms with Gasteiger partial charge in [-0.3, -0.25) is 4.79 Å². The summed E-state index contributed by atoms with van der Waals surface area (Å²) in [7, 11) is 0. The first-order chi connectivity index (χ1) is 12.8. The molecule has 3 aromatic rings. The first-order valence-electron chi connectivity index (χ1n) is 7.79. The van der Waals surface area contributed by atoms with E-state index in [0.29, 0.717) is 10.7 Å². The molecule has 4 nitrogen and oxygen atoms in total. The Morgan fingerprint density at radius 2 is 1.70 bits per heavy atom. The summed E-state index contributed by atoms with van der Waals surface area (Å²) in [5, 5.41) is 6.02. The SMILES string of the molecule is O=C(Nc1cccc(C(F)(F)F)c1)c1cccnc1Nc1ccc(Cl)cc1. The molecule has 0 unspecified atom stereocenters. The predicted octanol–water partition coefficient (Wildman–Crippen LogP) is 5.75. The number of nitrogens with zero attached hydrogens (tertiary/aromatic N) is 1. The number of hydrogen-bond acceptors (Lipinski definition) is 3. The second kappa shape index (κ2) is 7.67. The van der Waals surface area contributed by atoms with E-state index in [9.17, 15) is 18.0 Å². The lowest BCUT2D eigenvalue weighted by atomic mass is 10.1. The normalized spacial score (nSPS) is 11.1. The highest BCUT2D eigenvalue weighted by Crippen LogP contribution is 2.31. The summed E-state index contributed by atoms with van der Waals surface area (Å²) >= 11 is 5.84. The standard InChI is InChI=1S/C19H13ClF3N3O/c20-13-6-8-14(9-7-13)25-17-16(5-2-10-24-17)18(27)26-15-4-1-3-12(11-15)19(21,22)23/h1-11H,(H,24,25)(H,26,27). The van der Waals surface area contributed by atoms with Gasteiger partial charge in [0.15, 0.2) is 0 Å². The monoisotopic (exact) mass is 391 g/mol. The topological polar surface area (TPSA) is 54.0 Å².